The molecule has 4 rings (SSSR count). The molecular formula is C25H26FN3O2. The minimum absolute atomic E-state index is 0.149. The standard InChI is InChI=1S/C25H26FN3O2/c26-24-9-2-1-7-22(24)19-31-23-8-3-5-21(15-23)18-28-11-13-29(14-12-28)25(30)16-20-6-4-10-27-17-20/h1-10,15,17H,11-14,16,18-19H2. The summed E-state index contributed by atoms with van der Waals surface area (Å²) in [5.41, 5.74) is 2.63. The number of piperazine rings is 1. The van der Waals surface area contributed by atoms with Crippen LogP contribution in [0.2, 0.25) is 0 Å². The summed E-state index contributed by atoms with van der Waals surface area (Å²) in [4.78, 5) is 20.9. The molecule has 1 aliphatic rings. The Hall–Kier alpha value is -3.25. The molecule has 1 aromatic heterocycles. The van der Waals surface area contributed by atoms with Gasteiger partial charge in [0.15, 0.2) is 0 Å². The number of carbonyl (C=O) groups is 1. The average Bonchev–Trinajstić information content (AvgIpc) is 2.80. The van der Waals surface area contributed by atoms with Gasteiger partial charge in [0.25, 0.3) is 0 Å². The van der Waals surface area contributed by atoms with Gasteiger partial charge in [0.05, 0.1) is 6.42 Å². The predicted octanol–water partition coefficient (Wildman–Crippen LogP) is 3.69. The molecule has 0 bridgehead atoms. The van der Waals surface area contributed by atoms with E-state index in [1.165, 1.54) is 6.07 Å². The van der Waals surface area contributed by atoms with Crippen molar-refractivity contribution in [3.8, 4) is 5.75 Å². The lowest BCUT2D eigenvalue weighted by Gasteiger charge is -2.34. The summed E-state index contributed by atoms with van der Waals surface area (Å²) in [5.74, 6) is 0.622. The number of pyridine rings is 1. The van der Waals surface area contributed by atoms with Crippen LogP contribution in [0, 0.1) is 5.82 Å². The zero-order chi connectivity index (χ0) is 21.5. The fourth-order valence-electron chi connectivity index (χ4n) is 3.71. The Balaban J connectivity index is 1.26. The van der Waals surface area contributed by atoms with Crippen molar-refractivity contribution in [1.29, 1.82) is 0 Å². The lowest BCUT2D eigenvalue weighted by Crippen LogP contribution is -2.48. The Morgan fingerprint density at radius 3 is 2.55 bits per heavy atom. The Bertz CT molecular complexity index is 1000. The normalized spacial score (nSPS) is 14.4. The molecule has 1 fully saturated rings. The van der Waals surface area contributed by atoms with E-state index in [1.807, 2.05) is 35.2 Å². The summed E-state index contributed by atoms with van der Waals surface area (Å²) in [7, 11) is 0. The van der Waals surface area contributed by atoms with Crippen LogP contribution in [0.4, 0.5) is 4.39 Å². The van der Waals surface area contributed by atoms with Crippen LogP contribution in [-0.2, 0) is 24.4 Å². The van der Waals surface area contributed by atoms with Gasteiger partial charge in [-0.2, -0.15) is 0 Å². The molecule has 0 unspecified atom stereocenters. The molecule has 1 aliphatic heterocycles. The lowest BCUT2D eigenvalue weighted by atomic mass is 10.1. The zero-order valence-electron chi connectivity index (χ0n) is 17.4. The molecule has 31 heavy (non-hydrogen) atoms. The fraction of sp³-hybridized carbons (Fsp3) is 0.280. The molecule has 0 radical (unpaired) electrons. The highest BCUT2D eigenvalue weighted by atomic mass is 19.1. The fourth-order valence-corrected chi connectivity index (χ4v) is 3.71. The van der Waals surface area contributed by atoms with Crippen LogP contribution in [0.25, 0.3) is 0 Å². The van der Waals surface area contributed by atoms with E-state index in [0.29, 0.717) is 12.0 Å². The second-order valence-corrected chi connectivity index (χ2v) is 7.72. The van der Waals surface area contributed by atoms with Crippen molar-refractivity contribution in [1.82, 2.24) is 14.8 Å². The number of amides is 1. The number of benzene rings is 2. The predicted molar refractivity (Wildman–Crippen MR) is 117 cm³/mol. The van der Waals surface area contributed by atoms with Gasteiger partial charge in [-0.1, -0.05) is 36.4 Å². The van der Waals surface area contributed by atoms with Crippen LogP contribution >= 0.6 is 0 Å². The summed E-state index contributed by atoms with van der Waals surface area (Å²) in [5, 5.41) is 0. The Kier molecular flexibility index (Phi) is 6.89. The van der Waals surface area contributed by atoms with Crippen molar-refractivity contribution in [2.24, 2.45) is 0 Å². The second-order valence-electron chi connectivity index (χ2n) is 7.72. The van der Waals surface area contributed by atoms with Gasteiger partial charge in [-0.15, -0.1) is 0 Å². The van der Waals surface area contributed by atoms with Crippen molar-refractivity contribution in [3.05, 3.63) is 95.6 Å². The van der Waals surface area contributed by atoms with Gasteiger partial charge in [0, 0.05) is 50.7 Å². The van der Waals surface area contributed by atoms with E-state index in [-0.39, 0.29) is 18.3 Å². The number of nitrogens with zero attached hydrogens (tertiary/aromatic N) is 3. The first-order valence-corrected chi connectivity index (χ1v) is 10.5. The van der Waals surface area contributed by atoms with Crippen LogP contribution < -0.4 is 4.74 Å². The first kappa shape index (κ1) is 21.0. The van der Waals surface area contributed by atoms with E-state index >= 15 is 0 Å². The molecule has 1 amide bonds. The summed E-state index contributed by atoms with van der Waals surface area (Å²) in [6, 6.07) is 18.3. The van der Waals surface area contributed by atoms with Gasteiger partial charge < -0.3 is 9.64 Å². The Morgan fingerprint density at radius 2 is 1.77 bits per heavy atom. The third-order valence-electron chi connectivity index (χ3n) is 5.46. The van der Waals surface area contributed by atoms with Gasteiger partial charge in [-0.3, -0.25) is 14.7 Å². The molecule has 2 heterocycles. The molecule has 1 saturated heterocycles. The molecule has 5 nitrogen and oxygen atoms in total. The summed E-state index contributed by atoms with van der Waals surface area (Å²) < 4.78 is 19.6. The van der Waals surface area contributed by atoms with Crippen molar-refractivity contribution >= 4 is 5.91 Å². The van der Waals surface area contributed by atoms with E-state index in [9.17, 15) is 9.18 Å². The molecule has 0 spiro atoms. The molecule has 0 aliphatic carbocycles. The van der Waals surface area contributed by atoms with Crippen molar-refractivity contribution in [2.75, 3.05) is 26.2 Å². The SMILES string of the molecule is O=C(Cc1cccnc1)N1CCN(Cc2cccc(OCc3ccccc3F)c2)CC1. The Morgan fingerprint density at radius 1 is 0.968 bits per heavy atom. The molecular weight excluding hydrogens is 393 g/mol. The first-order chi connectivity index (χ1) is 15.2. The van der Waals surface area contributed by atoms with E-state index in [0.717, 1.165) is 49.6 Å². The van der Waals surface area contributed by atoms with E-state index in [4.69, 9.17) is 4.74 Å². The molecule has 0 saturated carbocycles. The maximum atomic E-state index is 13.8. The van der Waals surface area contributed by atoms with Crippen molar-refractivity contribution < 1.29 is 13.9 Å². The second kappa shape index (κ2) is 10.2. The van der Waals surface area contributed by atoms with Crippen LogP contribution in [0.5, 0.6) is 5.75 Å². The van der Waals surface area contributed by atoms with Gasteiger partial charge in [0.2, 0.25) is 5.91 Å². The van der Waals surface area contributed by atoms with Gasteiger partial charge in [0.1, 0.15) is 18.2 Å². The van der Waals surface area contributed by atoms with Crippen molar-refractivity contribution in [3.63, 3.8) is 0 Å². The summed E-state index contributed by atoms with van der Waals surface area (Å²) in [6.07, 6.45) is 3.86. The molecule has 6 heteroatoms. The lowest BCUT2D eigenvalue weighted by molar-refractivity contribution is -0.132. The highest BCUT2D eigenvalue weighted by molar-refractivity contribution is 5.78. The third kappa shape index (κ3) is 5.89. The Labute approximate surface area is 182 Å². The smallest absolute Gasteiger partial charge is 0.227 e. The van der Waals surface area contributed by atoms with E-state index in [2.05, 4.69) is 16.0 Å². The summed E-state index contributed by atoms with van der Waals surface area (Å²) >= 11 is 0. The quantitative estimate of drug-likeness (QED) is 0.586. The van der Waals surface area contributed by atoms with Crippen LogP contribution in [0.15, 0.2) is 73.1 Å². The molecule has 0 atom stereocenters. The van der Waals surface area contributed by atoms with Crippen LogP contribution in [0.3, 0.4) is 0 Å². The minimum atomic E-state index is -0.255. The highest BCUT2D eigenvalue weighted by Gasteiger charge is 2.21. The topological polar surface area (TPSA) is 45.7 Å². The number of hydrogen-bond donors (Lipinski definition) is 0. The van der Waals surface area contributed by atoms with Gasteiger partial charge in [-0.05, 0) is 35.4 Å². The van der Waals surface area contributed by atoms with E-state index < -0.39 is 0 Å². The van der Waals surface area contributed by atoms with Crippen LogP contribution in [0.1, 0.15) is 16.7 Å². The number of carbonyl (C=O) groups excluding carboxylic acids is 1. The van der Waals surface area contributed by atoms with Gasteiger partial charge >= 0.3 is 0 Å². The monoisotopic (exact) mass is 419 g/mol. The minimum Gasteiger partial charge on any atom is -0.489 e. The molecule has 3 aromatic rings. The molecule has 2 aromatic carbocycles. The van der Waals surface area contributed by atoms with Crippen LogP contribution in [-0.4, -0.2) is 46.9 Å². The van der Waals surface area contributed by atoms with Gasteiger partial charge in [-0.25, -0.2) is 4.39 Å². The van der Waals surface area contributed by atoms with E-state index in [1.54, 1.807) is 30.6 Å². The maximum absolute atomic E-state index is 13.8. The number of ether oxygens (including phenoxy) is 1. The molecule has 160 valence electrons. The number of halogens is 1. The average molecular weight is 420 g/mol. The highest BCUT2D eigenvalue weighted by Crippen LogP contribution is 2.18. The maximum Gasteiger partial charge on any atom is 0.227 e. The number of aromatic nitrogens is 1. The number of hydrogen-bond acceptors (Lipinski definition) is 4. The third-order valence-corrected chi connectivity index (χ3v) is 5.46. The van der Waals surface area contributed by atoms with Crippen molar-refractivity contribution in [2.45, 2.75) is 19.6 Å². The summed E-state index contributed by atoms with van der Waals surface area (Å²) in [6.45, 7) is 4.11. The number of rotatable bonds is 7. The zero-order valence-corrected chi connectivity index (χ0v) is 17.4. The molecule has 0 N–H and O–H groups in total. The largest absolute Gasteiger partial charge is 0.489 e. The first-order valence-electron chi connectivity index (χ1n) is 10.5.